The highest BCUT2D eigenvalue weighted by atomic mass is 16.6. The summed E-state index contributed by atoms with van der Waals surface area (Å²) in [5, 5.41) is 3.82. The predicted molar refractivity (Wildman–Crippen MR) is 58.3 cm³/mol. The molecule has 0 aromatic carbocycles. The summed E-state index contributed by atoms with van der Waals surface area (Å²) in [5.41, 5.74) is 0.812. The molecule has 0 spiro atoms. The number of nitrogens with zero attached hydrogens (tertiary/aromatic N) is 1. The smallest absolute Gasteiger partial charge is 0.373 e. The van der Waals surface area contributed by atoms with Gasteiger partial charge in [0.05, 0.1) is 12.8 Å². The quantitative estimate of drug-likeness (QED) is 0.449. The Labute approximate surface area is 94.0 Å². The summed E-state index contributed by atoms with van der Waals surface area (Å²) in [7, 11) is 1.30. The second kappa shape index (κ2) is 5.34. The molecule has 0 saturated carbocycles. The lowest BCUT2D eigenvalue weighted by atomic mass is 10.3. The van der Waals surface area contributed by atoms with E-state index in [1.165, 1.54) is 7.11 Å². The van der Waals surface area contributed by atoms with Gasteiger partial charge in [-0.05, 0) is 32.9 Å². The number of furan rings is 1. The Morgan fingerprint density at radius 3 is 2.69 bits per heavy atom. The first-order valence-corrected chi connectivity index (χ1v) is 4.89. The number of rotatable bonds is 4. The van der Waals surface area contributed by atoms with Crippen molar-refractivity contribution in [2.24, 2.45) is 5.16 Å². The Morgan fingerprint density at radius 1 is 1.44 bits per heavy atom. The Bertz CT molecular complexity index is 390. The van der Waals surface area contributed by atoms with E-state index in [-0.39, 0.29) is 11.9 Å². The summed E-state index contributed by atoms with van der Waals surface area (Å²) in [6.07, 6.45) is -0.340. The third kappa shape index (κ3) is 3.12. The lowest BCUT2D eigenvalue weighted by Crippen LogP contribution is -1.99. The molecular weight excluding hydrogens is 210 g/mol. The first-order chi connectivity index (χ1) is 7.54. The molecule has 0 N–H and O–H groups in total. The summed E-state index contributed by atoms with van der Waals surface area (Å²) >= 11 is 0. The molecule has 88 valence electrons. The number of hydrogen-bond acceptors (Lipinski definition) is 5. The second-order valence-corrected chi connectivity index (χ2v) is 3.48. The Morgan fingerprint density at radius 2 is 2.12 bits per heavy atom. The second-order valence-electron chi connectivity index (χ2n) is 3.48. The normalized spacial score (nSPS) is 11.8. The van der Waals surface area contributed by atoms with Crippen LogP contribution in [0, 0.1) is 0 Å². The van der Waals surface area contributed by atoms with Gasteiger partial charge in [-0.15, -0.1) is 0 Å². The zero-order valence-corrected chi connectivity index (χ0v) is 9.81. The minimum Gasteiger partial charge on any atom is -0.463 e. The van der Waals surface area contributed by atoms with Gasteiger partial charge in [0.1, 0.15) is 5.76 Å². The van der Waals surface area contributed by atoms with E-state index in [2.05, 4.69) is 9.89 Å². The molecule has 5 heteroatoms. The largest absolute Gasteiger partial charge is 0.463 e. The first kappa shape index (κ1) is 12.3. The lowest BCUT2D eigenvalue weighted by Gasteiger charge is -2.06. The van der Waals surface area contributed by atoms with Crippen LogP contribution in [-0.2, 0) is 9.57 Å². The zero-order chi connectivity index (χ0) is 12.1. The van der Waals surface area contributed by atoms with Crippen molar-refractivity contribution in [3.8, 4) is 0 Å². The molecule has 1 aromatic heterocycles. The van der Waals surface area contributed by atoms with Crippen LogP contribution in [0.25, 0.3) is 0 Å². The number of carbonyl (C=O) groups is 1. The van der Waals surface area contributed by atoms with Gasteiger partial charge in [0.15, 0.2) is 6.10 Å². The minimum atomic E-state index is -0.506. The van der Waals surface area contributed by atoms with Crippen LogP contribution in [0.4, 0.5) is 0 Å². The van der Waals surface area contributed by atoms with Gasteiger partial charge in [0.25, 0.3) is 0 Å². The average molecular weight is 225 g/mol. The highest BCUT2D eigenvalue weighted by Gasteiger charge is 2.16. The van der Waals surface area contributed by atoms with Crippen LogP contribution in [0.3, 0.4) is 0 Å². The van der Waals surface area contributed by atoms with Crippen LogP contribution < -0.4 is 0 Å². The van der Waals surface area contributed by atoms with E-state index < -0.39 is 5.97 Å². The fraction of sp³-hybridized carbons (Fsp3) is 0.455. The van der Waals surface area contributed by atoms with E-state index in [9.17, 15) is 4.79 Å². The molecule has 0 aliphatic carbocycles. The van der Waals surface area contributed by atoms with Crippen molar-refractivity contribution in [2.45, 2.75) is 26.9 Å². The molecule has 1 atom stereocenters. The van der Waals surface area contributed by atoms with E-state index >= 15 is 0 Å². The summed E-state index contributed by atoms with van der Waals surface area (Å²) < 4.78 is 9.79. The van der Waals surface area contributed by atoms with Gasteiger partial charge in [-0.25, -0.2) is 4.79 Å². The zero-order valence-electron chi connectivity index (χ0n) is 9.81. The summed E-state index contributed by atoms with van der Waals surface area (Å²) in [5.74, 6) is 0.184. The number of hydrogen-bond donors (Lipinski definition) is 0. The van der Waals surface area contributed by atoms with Gasteiger partial charge in [-0.3, -0.25) is 0 Å². The van der Waals surface area contributed by atoms with E-state index in [4.69, 9.17) is 9.25 Å². The average Bonchev–Trinajstić information content (AvgIpc) is 2.74. The molecule has 16 heavy (non-hydrogen) atoms. The molecule has 5 nitrogen and oxygen atoms in total. The van der Waals surface area contributed by atoms with Crippen LogP contribution >= 0.6 is 0 Å². The standard InChI is InChI=1S/C11H15NO4/c1-7(2)12-16-8(3)9-5-6-10(15-9)11(13)14-4/h5-6,8H,1-4H3. The van der Waals surface area contributed by atoms with E-state index in [1.807, 2.05) is 13.8 Å². The highest BCUT2D eigenvalue weighted by Crippen LogP contribution is 2.20. The molecular formula is C11H15NO4. The minimum absolute atomic E-state index is 0.158. The molecule has 0 fully saturated rings. The molecule has 0 aliphatic heterocycles. The van der Waals surface area contributed by atoms with Crippen molar-refractivity contribution in [1.29, 1.82) is 0 Å². The molecule has 0 saturated heterocycles. The molecule has 0 bridgehead atoms. The highest BCUT2D eigenvalue weighted by molar-refractivity contribution is 5.86. The molecule has 1 rings (SSSR count). The summed E-state index contributed by atoms with van der Waals surface area (Å²) in [6, 6.07) is 3.21. The van der Waals surface area contributed by atoms with Crippen molar-refractivity contribution >= 4 is 11.7 Å². The molecule has 0 aliphatic rings. The third-order valence-electron chi connectivity index (χ3n) is 1.81. The van der Waals surface area contributed by atoms with Crippen molar-refractivity contribution in [1.82, 2.24) is 0 Å². The number of ether oxygens (including phenoxy) is 1. The van der Waals surface area contributed by atoms with Gasteiger partial charge in [0.2, 0.25) is 5.76 Å². The van der Waals surface area contributed by atoms with Crippen molar-refractivity contribution in [2.75, 3.05) is 7.11 Å². The van der Waals surface area contributed by atoms with Gasteiger partial charge < -0.3 is 14.0 Å². The summed E-state index contributed by atoms with van der Waals surface area (Å²) in [4.78, 5) is 16.3. The van der Waals surface area contributed by atoms with Crippen LogP contribution in [0.15, 0.2) is 21.7 Å². The molecule has 1 aromatic rings. The van der Waals surface area contributed by atoms with Gasteiger partial charge in [-0.1, -0.05) is 5.16 Å². The van der Waals surface area contributed by atoms with E-state index in [0.717, 1.165) is 5.71 Å². The van der Waals surface area contributed by atoms with Crippen LogP contribution in [0.5, 0.6) is 0 Å². The van der Waals surface area contributed by atoms with Crippen molar-refractivity contribution < 1.29 is 18.8 Å². The third-order valence-corrected chi connectivity index (χ3v) is 1.81. The number of methoxy groups -OCH3 is 1. The van der Waals surface area contributed by atoms with E-state index in [1.54, 1.807) is 19.1 Å². The SMILES string of the molecule is COC(=O)c1ccc(C(C)ON=C(C)C)o1. The molecule has 1 unspecified atom stereocenters. The topological polar surface area (TPSA) is 61.0 Å². The Kier molecular flexibility index (Phi) is 4.10. The number of esters is 1. The Hall–Kier alpha value is -1.78. The Balaban J connectivity index is 2.70. The number of carbonyl (C=O) groups excluding carboxylic acids is 1. The van der Waals surface area contributed by atoms with Crippen molar-refractivity contribution in [3.05, 3.63) is 23.7 Å². The van der Waals surface area contributed by atoms with Gasteiger partial charge in [-0.2, -0.15) is 0 Å². The van der Waals surface area contributed by atoms with Crippen LogP contribution in [0.2, 0.25) is 0 Å². The van der Waals surface area contributed by atoms with E-state index in [0.29, 0.717) is 5.76 Å². The maximum atomic E-state index is 11.1. The van der Waals surface area contributed by atoms with Crippen LogP contribution in [-0.4, -0.2) is 18.8 Å². The monoisotopic (exact) mass is 225 g/mol. The maximum Gasteiger partial charge on any atom is 0.373 e. The van der Waals surface area contributed by atoms with Gasteiger partial charge >= 0.3 is 5.97 Å². The molecule has 0 radical (unpaired) electrons. The lowest BCUT2D eigenvalue weighted by molar-refractivity contribution is 0.0477. The van der Waals surface area contributed by atoms with Gasteiger partial charge in [0, 0.05) is 0 Å². The fourth-order valence-electron chi connectivity index (χ4n) is 1.02. The number of oxime groups is 1. The van der Waals surface area contributed by atoms with Crippen LogP contribution in [0.1, 0.15) is 43.2 Å². The first-order valence-electron chi connectivity index (χ1n) is 4.89. The fourth-order valence-corrected chi connectivity index (χ4v) is 1.02. The van der Waals surface area contributed by atoms with Crippen molar-refractivity contribution in [3.63, 3.8) is 0 Å². The molecule has 1 heterocycles. The predicted octanol–water partition coefficient (Wildman–Crippen LogP) is 2.54. The maximum absolute atomic E-state index is 11.1. The molecule has 0 amide bonds. The summed E-state index contributed by atoms with van der Waals surface area (Å²) in [6.45, 7) is 5.44.